The van der Waals surface area contributed by atoms with Gasteiger partial charge in [-0.2, -0.15) is 0 Å². The summed E-state index contributed by atoms with van der Waals surface area (Å²) in [6, 6.07) is 14.5. The zero-order chi connectivity index (χ0) is 17.1. The van der Waals surface area contributed by atoms with Crippen molar-refractivity contribution in [3.05, 3.63) is 71.0 Å². The molecule has 1 atom stereocenters. The molecule has 0 bridgehead atoms. The molecule has 0 saturated carbocycles. The second-order valence-corrected chi connectivity index (χ2v) is 6.42. The Morgan fingerprint density at radius 3 is 2.46 bits per heavy atom. The molecule has 2 aromatic rings. The summed E-state index contributed by atoms with van der Waals surface area (Å²) < 4.78 is 14.1. The van der Waals surface area contributed by atoms with E-state index in [0.29, 0.717) is 18.7 Å². The fourth-order valence-corrected chi connectivity index (χ4v) is 3.32. The minimum atomic E-state index is -0.515. The molecule has 1 N–H and O–H groups in total. The molecule has 1 amide bonds. The number of aliphatic hydroxyl groups is 1. The fourth-order valence-electron chi connectivity index (χ4n) is 3.32. The van der Waals surface area contributed by atoms with Crippen molar-refractivity contribution in [3.8, 4) is 0 Å². The second kappa shape index (κ2) is 7.14. The van der Waals surface area contributed by atoms with Crippen molar-refractivity contribution in [3.63, 3.8) is 0 Å². The number of nitrogens with zero attached hydrogens (tertiary/aromatic N) is 1. The summed E-state index contributed by atoms with van der Waals surface area (Å²) in [5.74, 6) is -0.573. The number of carbonyl (C=O) groups excluding carboxylic acids is 1. The van der Waals surface area contributed by atoms with Gasteiger partial charge < -0.3 is 10.0 Å². The predicted molar refractivity (Wildman–Crippen MR) is 91.2 cm³/mol. The van der Waals surface area contributed by atoms with E-state index in [9.17, 15) is 14.3 Å². The Balaban J connectivity index is 1.65. The molecule has 1 aliphatic heterocycles. The maximum Gasteiger partial charge on any atom is 0.256 e. The van der Waals surface area contributed by atoms with Gasteiger partial charge in [-0.3, -0.25) is 4.79 Å². The fraction of sp³-hybridized carbons (Fsp3) is 0.350. The summed E-state index contributed by atoms with van der Waals surface area (Å²) in [5.41, 5.74) is 1.53. The molecule has 4 heteroatoms. The number of amides is 1. The van der Waals surface area contributed by atoms with E-state index in [4.69, 9.17) is 0 Å². The number of rotatable bonds is 3. The van der Waals surface area contributed by atoms with Crippen LogP contribution in [0.25, 0.3) is 0 Å². The van der Waals surface area contributed by atoms with Gasteiger partial charge >= 0.3 is 0 Å². The first kappa shape index (κ1) is 16.7. The largest absolute Gasteiger partial charge is 0.388 e. The Bertz CT molecular complexity index is 709. The van der Waals surface area contributed by atoms with E-state index in [1.165, 1.54) is 6.07 Å². The number of aliphatic hydroxyl groups excluding tert-OH is 1. The molecule has 1 heterocycles. The first-order valence-corrected chi connectivity index (χ1v) is 8.35. The third-order valence-electron chi connectivity index (χ3n) is 4.84. The topological polar surface area (TPSA) is 40.5 Å². The van der Waals surface area contributed by atoms with Gasteiger partial charge in [0.25, 0.3) is 5.91 Å². The molecule has 24 heavy (non-hydrogen) atoms. The first-order chi connectivity index (χ1) is 11.6. The smallest absolute Gasteiger partial charge is 0.256 e. The second-order valence-electron chi connectivity index (χ2n) is 6.42. The average Bonchev–Trinajstić information content (AvgIpc) is 2.64. The van der Waals surface area contributed by atoms with Crippen molar-refractivity contribution in [2.75, 3.05) is 13.1 Å². The highest BCUT2D eigenvalue weighted by Crippen LogP contribution is 2.31. The van der Waals surface area contributed by atoms with E-state index < -0.39 is 11.9 Å². The first-order valence-electron chi connectivity index (χ1n) is 8.35. The molecule has 3 nitrogen and oxygen atoms in total. The Labute approximate surface area is 141 Å². The maximum atomic E-state index is 14.1. The number of carbonyl (C=O) groups is 1. The average molecular weight is 327 g/mol. The Morgan fingerprint density at radius 2 is 1.79 bits per heavy atom. The molecule has 1 unspecified atom stereocenters. The molecule has 0 aliphatic carbocycles. The highest BCUT2D eigenvalue weighted by molar-refractivity contribution is 5.94. The van der Waals surface area contributed by atoms with Crippen molar-refractivity contribution in [2.45, 2.75) is 25.9 Å². The molecule has 0 radical (unpaired) electrons. The summed E-state index contributed by atoms with van der Waals surface area (Å²) in [7, 11) is 0. The number of halogens is 1. The number of benzene rings is 2. The van der Waals surface area contributed by atoms with E-state index in [-0.39, 0.29) is 17.4 Å². The van der Waals surface area contributed by atoms with Crippen LogP contribution in [0.1, 0.15) is 40.4 Å². The molecule has 3 rings (SSSR count). The molecule has 0 aromatic heterocycles. The van der Waals surface area contributed by atoms with Crippen molar-refractivity contribution >= 4 is 5.91 Å². The van der Waals surface area contributed by atoms with Gasteiger partial charge in [0, 0.05) is 13.1 Å². The Kier molecular flexibility index (Phi) is 4.95. The van der Waals surface area contributed by atoms with Gasteiger partial charge in [0.1, 0.15) is 5.82 Å². The zero-order valence-corrected chi connectivity index (χ0v) is 13.8. The van der Waals surface area contributed by atoms with Crippen LogP contribution in [0, 0.1) is 18.7 Å². The number of hydrogen-bond donors (Lipinski definition) is 1. The highest BCUT2D eigenvalue weighted by Gasteiger charge is 2.29. The van der Waals surface area contributed by atoms with Crippen LogP contribution in [0.3, 0.4) is 0 Å². The molecule has 1 aliphatic rings. The maximum absolute atomic E-state index is 14.1. The van der Waals surface area contributed by atoms with E-state index >= 15 is 0 Å². The molecule has 0 spiro atoms. The standard InChI is InChI=1S/C20H22FNO2/c1-14-6-5-9-17(18(14)21)20(24)22-12-10-16(11-13-22)19(23)15-7-3-2-4-8-15/h2-9,16,19,23H,10-13H2,1H3. The number of piperidine rings is 1. The number of hydrogen-bond acceptors (Lipinski definition) is 2. The van der Waals surface area contributed by atoms with Crippen LogP contribution in [-0.4, -0.2) is 29.0 Å². The van der Waals surface area contributed by atoms with Crippen molar-refractivity contribution < 1.29 is 14.3 Å². The van der Waals surface area contributed by atoms with E-state index in [1.807, 2.05) is 30.3 Å². The quantitative estimate of drug-likeness (QED) is 0.933. The van der Waals surface area contributed by atoms with Crippen LogP contribution < -0.4 is 0 Å². The lowest BCUT2D eigenvalue weighted by Crippen LogP contribution is -2.40. The van der Waals surface area contributed by atoms with Gasteiger partial charge in [-0.05, 0) is 42.9 Å². The van der Waals surface area contributed by atoms with Crippen LogP contribution in [0.4, 0.5) is 4.39 Å². The van der Waals surface area contributed by atoms with Crippen molar-refractivity contribution in [2.24, 2.45) is 5.92 Å². The molecule has 2 aromatic carbocycles. The predicted octanol–water partition coefficient (Wildman–Crippen LogP) is 3.72. The van der Waals surface area contributed by atoms with Gasteiger partial charge in [-0.25, -0.2) is 4.39 Å². The highest BCUT2D eigenvalue weighted by atomic mass is 19.1. The van der Waals surface area contributed by atoms with Crippen LogP contribution in [0.2, 0.25) is 0 Å². The molecule has 1 fully saturated rings. The van der Waals surface area contributed by atoms with Crippen molar-refractivity contribution in [1.82, 2.24) is 4.90 Å². The molecule has 126 valence electrons. The van der Waals surface area contributed by atoms with Crippen LogP contribution in [0.15, 0.2) is 48.5 Å². The van der Waals surface area contributed by atoms with Gasteiger partial charge in [-0.15, -0.1) is 0 Å². The van der Waals surface area contributed by atoms with Crippen LogP contribution in [-0.2, 0) is 0 Å². The van der Waals surface area contributed by atoms with Gasteiger partial charge in [0.2, 0.25) is 0 Å². The third-order valence-corrected chi connectivity index (χ3v) is 4.84. The van der Waals surface area contributed by atoms with E-state index in [1.54, 1.807) is 24.0 Å². The van der Waals surface area contributed by atoms with Gasteiger partial charge in [0.05, 0.1) is 11.7 Å². The minimum absolute atomic E-state index is 0.124. The lowest BCUT2D eigenvalue weighted by molar-refractivity contribution is 0.0459. The minimum Gasteiger partial charge on any atom is -0.388 e. The summed E-state index contributed by atoms with van der Waals surface area (Å²) in [6.07, 6.45) is 0.920. The van der Waals surface area contributed by atoms with Gasteiger partial charge in [0.15, 0.2) is 0 Å². The van der Waals surface area contributed by atoms with Crippen molar-refractivity contribution in [1.29, 1.82) is 0 Å². The lowest BCUT2D eigenvalue weighted by Gasteiger charge is -2.34. The molecule has 1 saturated heterocycles. The Morgan fingerprint density at radius 1 is 1.12 bits per heavy atom. The number of likely N-dealkylation sites (tertiary alicyclic amines) is 1. The molecular weight excluding hydrogens is 305 g/mol. The lowest BCUT2D eigenvalue weighted by atomic mass is 9.87. The van der Waals surface area contributed by atoms with Gasteiger partial charge in [-0.1, -0.05) is 42.5 Å². The third kappa shape index (κ3) is 3.34. The molecular formula is C20H22FNO2. The summed E-state index contributed by atoms with van der Waals surface area (Å²) in [5, 5.41) is 10.5. The SMILES string of the molecule is Cc1cccc(C(=O)N2CCC(C(O)c3ccccc3)CC2)c1F. The summed E-state index contributed by atoms with van der Waals surface area (Å²) in [6.45, 7) is 2.75. The summed E-state index contributed by atoms with van der Waals surface area (Å²) >= 11 is 0. The summed E-state index contributed by atoms with van der Waals surface area (Å²) in [4.78, 5) is 14.2. The van der Waals surface area contributed by atoms with Crippen LogP contribution >= 0.6 is 0 Å². The number of aryl methyl sites for hydroxylation is 1. The van der Waals surface area contributed by atoms with Crippen LogP contribution in [0.5, 0.6) is 0 Å². The normalized spacial score (nSPS) is 16.9. The zero-order valence-electron chi connectivity index (χ0n) is 13.8. The van der Waals surface area contributed by atoms with E-state index in [0.717, 1.165) is 18.4 Å². The Hall–Kier alpha value is -2.20. The monoisotopic (exact) mass is 327 g/mol. The van der Waals surface area contributed by atoms with E-state index in [2.05, 4.69) is 0 Å².